The van der Waals surface area contributed by atoms with E-state index in [-0.39, 0.29) is 29.2 Å². The molecule has 0 aromatic carbocycles. The highest BCUT2D eigenvalue weighted by Crippen LogP contribution is 2.27. The first-order chi connectivity index (χ1) is 12.6. The van der Waals surface area contributed by atoms with E-state index in [4.69, 9.17) is 5.11 Å². The van der Waals surface area contributed by atoms with Crippen LogP contribution in [0.2, 0.25) is 0 Å². The summed E-state index contributed by atoms with van der Waals surface area (Å²) in [5, 5.41) is 26.4. The molecule has 0 radical (unpaired) electrons. The highest BCUT2D eigenvalue weighted by Gasteiger charge is 2.30. The van der Waals surface area contributed by atoms with Crippen LogP contribution < -0.4 is 10.9 Å². The van der Waals surface area contributed by atoms with Crippen molar-refractivity contribution in [3.63, 3.8) is 0 Å². The zero-order valence-corrected chi connectivity index (χ0v) is 15.4. The first kappa shape index (κ1) is 18.7. The number of hydrogen-bond donors (Lipinski definition) is 3. The predicted molar refractivity (Wildman–Crippen MR) is 97.7 cm³/mol. The Labute approximate surface area is 154 Å². The van der Waals surface area contributed by atoms with Gasteiger partial charge in [-0.3, -0.25) is 14.2 Å². The van der Waals surface area contributed by atoms with Crippen molar-refractivity contribution in [3.8, 4) is 5.88 Å². The van der Waals surface area contributed by atoms with E-state index in [1.54, 1.807) is 0 Å². The molecule has 1 amide bonds. The molecule has 1 saturated carbocycles. The Morgan fingerprint density at radius 3 is 2.59 bits per heavy atom. The van der Waals surface area contributed by atoms with Crippen molar-refractivity contribution < 1.29 is 19.8 Å². The second-order valence-corrected chi connectivity index (χ2v) is 7.91. The van der Waals surface area contributed by atoms with Gasteiger partial charge in [0.05, 0.1) is 6.20 Å². The summed E-state index contributed by atoms with van der Waals surface area (Å²) in [4.78, 5) is 36.1. The third-order valence-corrected chi connectivity index (χ3v) is 4.09. The minimum Gasteiger partial charge on any atom is -0.494 e. The van der Waals surface area contributed by atoms with Crippen LogP contribution in [0.5, 0.6) is 5.88 Å². The zero-order valence-electron chi connectivity index (χ0n) is 15.4. The number of carboxylic acid groups (broad SMARTS) is 1. The third-order valence-electron chi connectivity index (χ3n) is 4.09. The Hall–Kier alpha value is -3.10. The van der Waals surface area contributed by atoms with Crippen LogP contribution >= 0.6 is 0 Å². The topological polar surface area (TPSA) is 126 Å². The van der Waals surface area contributed by atoms with E-state index < -0.39 is 23.3 Å². The van der Waals surface area contributed by atoms with Crippen LogP contribution in [-0.4, -0.2) is 42.3 Å². The molecule has 2 heterocycles. The highest BCUT2D eigenvalue weighted by atomic mass is 16.4. The van der Waals surface area contributed by atoms with Gasteiger partial charge in [-0.05, 0) is 24.3 Å². The SMILES string of the molecule is CC(C)(C)Cn1c(O)c(C(=O)NC2CC2)c(=O)n2ncc(/C=C/C(=O)O)c12. The van der Waals surface area contributed by atoms with Crippen molar-refractivity contribution in [2.75, 3.05) is 0 Å². The predicted octanol–water partition coefficient (Wildman–Crippen LogP) is 1.24. The van der Waals surface area contributed by atoms with Crippen LogP contribution in [0, 0.1) is 5.41 Å². The molecule has 2 aromatic rings. The van der Waals surface area contributed by atoms with Crippen LogP contribution in [0.25, 0.3) is 11.7 Å². The average molecular weight is 374 g/mol. The van der Waals surface area contributed by atoms with Gasteiger partial charge in [0, 0.05) is 24.2 Å². The molecule has 9 nitrogen and oxygen atoms in total. The number of carboxylic acids is 1. The summed E-state index contributed by atoms with van der Waals surface area (Å²) in [6, 6.07) is 0.0229. The Morgan fingerprint density at radius 2 is 2.04 bits per heavy atom. The van der Waals surface area contributed by atoms with Gasteiger partial charge in [-0.15, -0.1) is 0 Å². The van der Waals surface area contributed by atoms with Gasteiger partial charge in [-0.1, -0.05) is 20.8 Å². The standard InChI is InChI=1S/C18H22N4O5/c1-18(2,3)9-21-15-10(4-7-12(23)24)8-19-22(15)17(27)13(16(21)26)14(25)20-11-5-6-11/h4,7-8,11,26H,5-6,9H2,1-3H3,(H,20,25)(H,23,24)/b7-4+. The van der Waals surface area contributed by atoms with E-state index in [1.807, 2.05) is 20.8 Å². The molecule has 1 aliphatic rings. The average Bonchev–Trinajstić information content (AvgIpc) is 3.24. The maximum Gasteiger partial charge on any atom is 0.328 e. The second-order valence-electron chi connectivity index (χ2n) is 7.91. The fraction of sp³-hybridized carbons (Fsp3) is 0.444. The Bertz CT molecular complexity index is 1010. The number of carbonyl (C=O) groups excluding carboxylic acids is 1. The second kappa shape index (κ2) is 6.57. The third kappa shape index (κ3) is 3.86. The molecule has 0 bridgehead atoms. The van der Waals surface area contributed by atoms with Crippen molar-refractivity contribution in [1.29, 1.82) is 0 Å². The Kier molecular flexibility index (Phi) is 4.54. The zero-order chi connectivity index (χ0) is 19.9. The Morgan fingerprint density at radius 1 is 1.37 bits per heavy atom. The fourth-order valence-electron chi connectivity index (χ4n) is 2.80. The van der Waals surface area contributed by atoms with E-state index >= 15 is 0 Å². The summed E-state index contributed by atoms with van der Waals surface area (Å²) < 4.78 is 2.45. The minimum atomic E-state index is -1.15. The maximum atomic E-state index is 12.8. The number of aliphatic carboxylic acids is 1. The number of nitrogens with one attached hydrogen (secondary N) is 1. The lowest BCUT2D eigenvalue weighted by molar-refractivity contribution is -0.131. The summed E-state index contributed by atoms with van der Waals surface area (Å²) in [5.74, 6) is -2.24. The lowest BCUT2D eigenvalue weighted by Crippen LogP contribution is -2.35. The summed E-state index contributed by atoms with van der Waals surface area (Å²) >= 11 is 0. The lowest BCUT2D eigenvalue weighted by atomic mass is 9.96. The molecule has 0 aliphatic heterocycles. The van der Waals surface area contributed by atoms with Crippen molar-refractivity contribution in [2.45, 2.75) is 46.2 Å². The molecule has 1 aliphatic carbocycles. The number of fused-ring (bicyclic) bond motifs is 1. The highest BCUT2D eigenvalue weighted by molar-refractivity contribution is 5.97. The molecule has 27 heavy (non-hydrogen) atoms. The van der Waals surface area contributed by atoms with Crippen molar-refractivity contribution in [3.05, 3.63) is 33.8 Å². The van der Waals surface area contributed by atoms with Crippen LogP contribution in [-0.2, 0) is 11.3 Å². The van der Waals surface area contributed by atoms with Crippen molar-refractivity contribution in [2.24, 2.45) is 5.41 Å². The van der Waals surface area contributed by atoms with Gasteiger partial charge in [0.1, 0.15) is 5.65 Å². The molecule has 0 saturated heterocycles. The van der Waals surface area contributed by atoms with Gasteiger partial charge in [0.25, 0.3) is 11.5 Å². The van der Waals surface area contributed by atoms with Gasteiger partial charge in [0.15, 0.2) is 5.56 Å². The molecule has 144 valence electrons. The molecule has 0 unspecified atom stereocenters. The molecule has 9 heteroatoms. The number of carbonyl (C=O) groups is 2. The van der Waals surface area contributed by atoms with E-state index in [0.717, 1.165) is 23.4 Å². The number of rotatable bonds is 5. The molecule has 2 aromatic heterocycles. The maximum absolute atomic E-state index is 12.8. The van der Waals surface area contributed by atoms with E-state index in [9.17, 15) is 19.5 Å². The monoisotopic (exact) mass is 374 g/mol. The van der Waals surface area contributed by atoms with Gasteiger partial charge in [0.2, 0.25) is 5.88 Å². The van der Waals surface area contributed by atoms with Crippen LogP contribution in [0.4, 0.5) is 0 Å². The van der Waals surface area contributed by atoms with Gasteiger partial charge >= 0.3 is 5.97 Å². The molecular weight excluding hydrogens is 352 g/mol. The molecule has 3 rings (SSSR count). The van der Waals surface area contributed by atoms with Gasteiger partial charge in [-0.25, -0.2) is 4.79 Å². The largest absolute Gasteiger partial charge is 0.494 e. The van der Waals surface area contributed by atoms with Crippen molar-refractivity contribution >= 4 is 23.6 Å². The summed E-state index contributed by atoms with van der Waals surface area (Å²) in [6.07, 6.45) is 5.24. The van der Waals surface area contributed by atoms with Crippen molar-refractivity contribution in [1.82, 2.24) is 19.5 Å². The number of aromatic nitrogens is 3. The first-order valence-corrected chi connectivity index (χ1v) is 8.64. The quantitative estimate of drug-likeness (QED) is 0.676. The molecule has 0 spiro atoms. The van der Waals surface area contributed by atoms with E-state index in [2.05, 4.69) is 10.4 Å². The Balaban J connectivity index is 2.25. The minimum absolute atomic E-state index is 0.0229. The van der Waals surface area contributed by atoms with E-state index in [0.29, 0.717) is 5.56 Å². The normalized spacial score (nSPS) is 14.8. The first-order valence-electron chi connectivity index (χ1n) is 8.64. The molecule has 0 atom stereocenters. The molecule has 3 N–H and O–H groups in total. The molecular formula is C18H22N4O5. The number of nitrogens with zero attached hydrogens (tertiary/aromatic N) is 3. The molecule has 1 fully saturated rings. The summed E-state index contributed by atoms with van der Waals surface area (Å²) in [7, 11) is 0. The smallest absolute Gasteiger partial charge is 0.328 e. The number of hydrogen-bond acceptors (Lipinski definition) is 5. The number of aromatic hydroxyl groups is 1. The van der Waals surface area contributed by atoms with Gasteiger partial charge < -0.3 is 15.5 Å². The summed E-state index contributed by atoms with van der Waals surface area (Å²) in [5.41, 5.74) is -0.831. The summed E-state index contributed by atoms with van der Waals surface area (Å²) in [6.45, 7) is 6.10. The van der Waals surface area contributed by atoms with Crippen LogP contribution in [0.15, 0.2) is 17.1 Å². The van der Waals surface area contributed by atoms with Crippen LogP contribution in [0.3, 0.4) is 0 Å². The van der Waals surface area contributed by atoms with Gasteiger partial charge in [-0.2, -0.15) is 9.61 Å². The fourth-order valence-corrected chi connectivity index (χ4v) is 2.80. The van der Waals surface area contributed by atoms with E-state index in [1.165, 1.54) is 16.8 Å². The lowest BCUT2D eigenvalue weighted by Gasteiger charge is -2.23. The number of amides is 1. The van der Waals surface area contributed by atoms with Crippen LogP contribution in [0.1, 0.15) is 49.5 Å².